The van der Waals surface area contributed by atoms with Crippen LogP contribution in [0.4, 0.5) is 0 Å². The number of aromatic nitrogens is 1. The van der Waals surface area contributed by atoms with Crippen LogP contribution in [0.15, 0.2) is 23.1 Å². The van der Waals surface area contributed by atoms with Crippen LogP contribution in [0.5, 0.6) is 5.75 Å². The molecule has 0 aliphatic carbocycles. The number of hydrogen-bond acceptors (Lipinski definition) is 19. The number of aryl methyl sites for hydroxylation is 1. The quantitative estimate of drug-likeness (QED) is 0.106. The van der Waals surface area contributed by atoms with Crippen molar-refractivity contribution in [3.05, 3.63) is 39.7 Å². The zero-order valence-electron chi connectivity index (χ0n) is 49.4. The number of cyclic esters (lactones) is 1. The van der Waals surface area contributed by atoms with Gasteiger partial charge < -0.3 is 77.8 Å². The number of aliphatic hydroxyl groups is 3. The molecule has 0 spiro atoms. The second-order valence-electron chi connectivity index (χ2n) is 24.3. The number of likely N-dealkylation sites (N-methyl/N-ethyl adjacent to an activating group) is 1. The predicted octanol–water partition coefficient (Wildman–Crippen LogP) is 4.74. The number of esters is 2. The van der Waals surface area contributed by atoms with Crippen molar-refractivity contribution in [3.8, 4) is 5.75 Å². The summed E-state index contributed by atoms with van der Waals surface area (Å²) in [7, 11) is 6.72. The van der Waals surface area contributed by atoms with E-state index in [9.17, 15) is 44.4 Å². The molecule has 6 rings (SSSR count). The van der Waals surface area contributed by atoms with Gasteiger partial charge in [-0.1, -0.05) is 27.7 Å². The van der Waals surface area contributed by atoms with Crippen LogP contribution in [0.1, 0.15) is 138 Å². The standard InChI is InChI=1S/C58H91N3O18/c1-17-41-58(12,70)49(66)32(4)45(63)30(2)26-56(10,71-15)50(79-54-47(65)39(60(13)14)23-31(3)74-54)33(5)48(34(6)53(69)76-41)78-43-27-57(11,72-16)51(35(7)75-43)77-42(62)20-22-59-21-18-19-36-24-37-44-40(25-36)73-29-55(8,9)61(44)28-38(46(37)64)52(67)68/h24-25,28,30-35,39,41,43,47-51,54,59,65-66,70H,17-23,26-27,29H2,1-16H3,(H,67,68)/t30-,31-,32+,33+,34-,35+,39+,41-,43+,47-,48+,49-,50-,51+,54+,56-,57-,58-/m1/s1. The molecule has 0 radical (unpaired) electrons. The summed E-state index contributed by atoms with van der Waals surface area (Å²) in [5.74, 6) is -6.13. The number of benzene rings is 1. The van der Waals surface area contributed by atoms with Crippen molar-refractivity contribution < 1.29 is 82.2 Å². The fraction of sp³-hybridized carbons (Fsp3) is 0.776. The summed E-state index contributed by atoms with van der Waals surface area (Å²) in [4.78, 5) is 69.6. The van der Waals surface area contributed by atoms with Crippen LogP contribution < -0.4 is 15.5 Å². The van der Waals surface area contributed by atoms with Gasteiger partial charge in [-0.25, -0.2) is 4.79 Å². The number of methoxy groups -OCH3 is 2. The lowest BCUT2D eigenvalue weighted by Gasteiger charge is -2.50. The van der Waals surface area contributed by atoms with E-state index in [1.165, 1.54) is 34.3 Å². The molecule has 0 unspecified atom stereocenters. The number of Topliss-reactive ketones (excluding diaryl/α,β-unsaturated/α-hetero) is 1. The molecular weight excluding hydrogens is 1030 g/mol. The number of pyridine rings is 1. The number of aromatic carboxylic acids is 1. The molecular formula is C58H91N3O18. The number of rotatable bonds is 17. The van der Waals surface area contributed by atoms with E-state index in [0.29, 0.717) is 43.7 Å². The largest absolute Gasteiger partial charge is 0.489 e. The lowest BCUT2D eigenvalue weighted by atomic mass is 9.74. The molecule has 21 heteroatoms. The third-order valence-electron chi connectivity index (χ3n) is 17.4. The second-order valence-corrected chi connectivity index (χ2v) is 24.3. The topological polar surface area (TPSA) is 270 Å². The Bertz CT molecular complexity index is 2540. The summed E-state index contributed by atoms with van der Waals surface area (Å²) in [5, 5.41) is 48.7. The van der Waals surface area contributed by atoms with E-state index in [1.54, 1.807) is 47.6 Å². The average molecular weight is 1120 g/mol. The molecule has 4 aliphatic heterocycles. The highest BCUT2D eigenvalue weighted by Crippen LogP contribution is 2.43. The molecule has 0 saturated carbocycles. The Morgan fingerprint density at radius 2 is 1.54 bits per heavy atom. The van der Waals surface area contributed by atoms with E-state index in [-0.39, 0.29) is 61.1 Å². The Labute approximate surface area is 465 Å². The van der Waals surface area contributed by atoms with Crippen molar-refractivity contribution in [2.24, 2.45) is 23.7 Å². The van der Waals surface area contributed by atoms with Crippen LogP contribution in [0, 0.1) is 23.7 Å². The fourth-order valence-electron chi connectivity index (χ4n) is 12.4. The van der Waals surface area contributed by atoms with E-state index >= 15 is 0 Å². The Morgan fingerprint density at radius 1 is 0.886 bits per heavy atom. The summed E-state index contributed by atoms with van der Waals surface area (Å²) in [6.07, 6.45) is -7.08. The fourth-order valence-corrected chi connectivity index (χ4v) is 12.4. The maximum Gasteiger partial charge on any atom is 0.341 e. The first-order chi connectivity index (χ1) is 36.9. The maximum absolute atomic E-state index is 14.6. The highest BCUT2D eigenvalue weighted by Gasteiger charge is 2.55. The summed E-state index contributed by atoms with van der Waals surface area (Å²) in [5.41, 5.74) is -4.59. The molecule has 0 bridgehead atoms. The van der Waals surface area contributed by atoms with Crippen molar-refractivity contribution in [2.75, 3.05) is 48.0 Å². The van der Waals surface area contributed by atoms with Crippen LogP contribution in [0.3, 0.4) is 0 Å². The molecule has 5 N–H and O–H groups in total. The zero-order valence-corrected chi connectivity index (χ0v) is 49.4. The molecule has 4 aliphatic rings. The van der Waals surface area contributed by atoms with Gasteiger partial charge in [0.25, 0.3) is 0 Å². The third-order valence-corrected chi connectivity index (χ3v) is 17.4. The van der Waals surface area contributed by atoms with Gasteiger partial charge >= 0.3 is 17.9 Å². The van der Waals surface area contributed by atoms with Crippen LogP contribution in [0.25, 0.3) is 10.9 Å². The Balaban J connectivity index is 1.19. The number of carbonyl (C=O) groups is 4. The number of ether oxygens (including phenoxy) is 9. The van der Waals surface area contributed by atoms with Crippen molar-refractivity contribution in [2.45, 2.75) is 218 Å². The number of carboxylic acid groups (broad SMARTS) is 1. The highest BCUT2D eigenvalue weighted by atomic mass is 16.7. The molecule has 0 amide bonds. The Hall–Kier alpha value is -4.13. The molecule has 79 heavy (non-hydrogen) atoms. The summed E-state index contributed by atoms with van der Waals surface area (Å²) < 4.78 is 59.3. The van der Waals surface area contributed by atoms with Crippen molar-refractivity contribution in [3.63, 3.8) is 0 Å². The molecule has 21 nitrogen and oxygen atoms in total. The SMILES string of the molecule is CC[C@H]1OC(=O)[C@H](C)[C@@H](O[C@H]2C[C@@](C)(OC)[C@@H](OC(=O)CCNCCCc3cc4c5c(c3)c(=O)c(C(=O)O)cn5C(C)(C)CO4)[C@H](C)O2)[C@H](C)[C@@H](O[C@@H]2O[C@H](C)C[C@H](N(C)C)[C@H]2O)[C@](C)(OC)C[C@@H](C)C(=O)[C@H](C)[C@@H](O)[C@]1(C)O. The monoisotopic (exact) mass is 1120 g/mol. The third kappa shape index (κ3) is 13.7. The molecule has 1 aromatic carbocycles. The lowest BCUT2D eigenvalue weighted by Crippen LogP contribution is -2.61. The van der Waals surface area contributed by atoms with E-state index in [1.807, 2.05) is 57.3 Å². The van der Waals surface area contributed by atoms with Crippen molar-refractivity contribution in [1.82, 2.24) is 14.8 Å². The number of ketones is 1. The van der Waals surface area contributed by atoms with Gasteiger partial charge in [-0.15, -0.1) is 0 Å². The van der Waals surface area contributed by atoms with Gasteiger partial charge in [-0.05, 0) is 126 Å². The Kier molecular flexibility index (Phi) is 20.7. The molecule has 3 fully saturated rings. The van der Waals surface area contributed by atoms with Gasteiger partial charge in [0, 0.05) is 57.2 Å². The first-order valence-electron chi connectivity index (χ1n) is 28.1. The van der Waals surface area contributed by atoms with Crippen LogP contribution in [-0.2, 0) is 64.2 Å². The van der Waals surface area contributed by atoms with Gasteiger partial charge in [0.2, 0.25) is 5.43 Å². The number of carbonyl (C=O) groups excluding carboxylic acids is 3. The van der Waals surface area contributed by atoms with Gasteiger partial charge in [0.1, 0.15) is 47.1 Å². The molecule has 446 valence electrons. The number of carboxylic acids is 1. The van der Waals surface area contributed by atoms with Gasteiger partial charge in [0.05, 0.1) is 64.9 Å². The normalized spacial score (nSPS) is 37.5. The number of nitrogens with zero attached hydrogens (tertiary/aromatic N) is 2. The average Bonchev–Trinajstić information content (AvgIpc) is 3.40. The molecule has 3 saturated heterocycles. The van der Waals surface area contributed by atoms with Crippen LogP contribution >= 0.6 is 0 Å². The van der Waals surface area contributed by atoms with Gasteiger partial charge in [-0.2, -0.15) is 0 Å². The van der Waals surface area contributed by atoms with E-state index < -0.39 is 125 Å². The van der Waals surface area contributed by atoms with Crippen molar-refractivity contribution in [1.29, 1.82) is 0 Å². The van der Waals surface area contributed by atoms with E-state index in [2.05, 4.69) is 5.32 Å². The minimum absolute atomic E-state index is 0.0162. The second kappa shape index (κ2) is 25.6. The van der Waals surface area contributed by atoms with Gasteiger partial charge in [0.15, 0.2) is 18.7 Å². The first-order valence-corrected chi connectivity index (χ1v) is 28.1. The maximum atomic E-state index is 14.6. The summed E-state index contributed by atoms with van der Waals surface area (Å²) in [6.45, 7) is 21.9. The lowest BCUT2D eigenvalue weighted by molar-refractivity contribution is -0.320. The van der Waals surface area contributed by atoms with Crippen LogP contribution in [-0.4, -0.2) is 186 Å². The van der Waals surface area contributed by atoms with Crippen molar-refractivity contribution >= 4 is 34.6 Å². The number of aliphatic hydroxyl groups excluding tert-OH is 2. The van der Waals surface area contributed by atoms with Crippen LogP contribution in [0.2, 0.25) is 0 Å². The zero-order chi connectivity index (χ0) is 58.9. The number of hydrogen-bond donors (Lipinski definition) is 5. The first kappa shape index (κ1) is 64.0. The number of nitrogens with one attached hydrogen (secondary N) is 1. The van der Waals surface area contributed by atoms with E-state index in [4.69, 9.17) is 42.6 Å². The molecule has 2 aromatic rings. The highest BCUT2D eigenvalue weighted by molar-refractivity contribution is 5.95. The molecule has 5 heterocycles. The minimum Gasteiger partial charge on any atom is -0.489 e. The molecule has 18 atom stereocenters. The molecule has 1 aromatic heterocycles. The predicted molar refractivity (Wildman–Crippen MR) is 291 cm³/mol. The summed E-state index contributed by atoms with van der Waals surface area (Å²) in [6, 6.07) is 3.27. The summed E-state index contributed by atoms with van der Waals surface area (Å²) >= 11 is 0. The Morgan fingerprint density at radius 3 is 2.16 bits per heavy atom. The minimum atomic E-state index is -2.03. The van der Waals surface area contributed by atoms with E-state index in [0.717, 1.165) is 5.56 Å². The smallest absolute Gasteiger partial charge is 0.341 e. The van der Waals surface area contributed by atoms with Gasteiger partial charge in [-0.3, -0.25) is 19.2 Å².